The smallest absolute Gasteiger partial charge is 0.462 e. The van der Waals surface area contributed by atoms with Gasteiger partial charge in [-0.1, -0.05) is 180 Å². The summed E-state index contributed by atoms with van der Waals surface area (Å²) in [7, 11) is -4.73. The van der Waals surface area contributed by atoms with Gasteiger partial charge in [-0.25, -0.2) is 4.57 Å². The number of unbranched alkanes of at least 4 members (excludes halogenated alkanes) is 26. The van der Waals surface area contributed by atoms with Gasteiger partial charge in [-0.2, -0.15) is 0 Å². The Morgan fingerprint density at radius 3 is 1.16 bits per heavy atom. The maximum absolute atomic E-state index is 12.8. The van der Waals surface area contributed by atoms with Gasteiger partial charge in [-0.05, 0) is 64.2 Å². The summed E-state index contributed by atoms with van der Waals surface area (Å²) in [6.45, 7) is 4.56. The first kappa shape index (κ1) is 60.0. The molecule has 0 saturated heterocycles. The molecule has 0 aliphatic carbocycles. The number of esters is 3. The molecule has 0 fully saturated rings. The summed E-state index contributed by atoms with van der Waals surface area (Å²) in [5.74, 6) is -1.47. The van der Waals surface area contributed by atoms with Gasteiger partial charge in [0.05, 0.1) is 19.8 Å². The highest BCUT2D eigenvalue weighted by molar-refractivity contribution is 7.47. The zero-order chi connectivity index (χ0) is 45.6. The standard InChI is InChI=1S/C50H93O11P/c1-4-7-10-13-16-19-21-22-23-24-26-29-32-35-38-41-50(54)61-47(43-57-48(52)39-36-33-30-27-18-15-12-9-6-3)45-59-62(55,56)58-44-46(42-51)60-49(53)40-37-34-31-28-25-20-17-14-11-8-5-2/h14,17,22-23,46-47,51H,4-13,15-16,18-21,24-45H2,1-3H3,(H,55,56)/b17-14-,23-22-. The number of rotatable bonds is 47. The lowest BCUT2D eigenvalue weighted by Crippen LogP contribution is -2.30. The van der Waals surface area contributed by atoms with E-state index in [9.17, 15) is 28.9 Å². The molecule has 0 aromatic rings. The van der Waals surface area contributed by atoms with Gasteiger partial charge in [-0.15, -0.1) is 0 Å². The predicted octanol–water partition coefficient (Wildman–Crippen LogP) is 13.9. The average Bonchev–Trinajstić information content (AvgIpc) is 3.25. The first-order chi connectivity index (χ1) is 30.2. The molecule has 0 amide bonds. The molecule has 0 aliphatic rings. The van der Waals surface area contributed by atoms with Crippen LogP contribution in [0.25, 0.3) is 0 Å². The van der Waals surface area contributed by atoms with Crippen LogP contribution in [0.15, 0.2) is 24.3 Å². The lowest BCUT2D eigenvalue weighted by Gasteiger charge is -2.21. The van der Waals surface area contributed by atoms with Gasteiger partial charge in [0.2, 0.25) is 0 Å². The van der Waals surface area contributed by atoms with Gasteiger partial charge >= 0.3 is 25.7 Å². The number of hydrogen-bond acceptors (Lipinski definition) is 10. The van der Waals surface area contributed by atoms with Crippen LogP contribution in [0.1, 0.15) is 239 Å². The topological polar surface area (TPSA) is 155 Å². The van der Waals surface area contributed by atoms with Gasteiger partial charge in [-0.3, -0.25) is 23.4 Å². The number of phosphoric acid groups is 1. The second-order valence-corrected chi connectivity index (χ2v) is 18.4. The predicted molar refractivity (Wildman–Crippen MR) is 252 cm³/mol. The fourth-order valence-corrected chi connectivity index (χ4v) is 7.70. The summed E-state index contributed by atoms with van der Waals surface area (Å²) in [5.41, 5.74) is 0. The van der Waals surface area contributed by atoms with Crippen LogP contribution in [0.5, 0.6) is 0 Å². The number of aliphatic hydroxyl groups excluding tert-OH is 1. The van der Waals surface area contributed by atoms with Gasteiger partial charge in [0.15, 0.2) is 6.10 Å². The Morgan fingerprint density at radius 2 is 0.758 bits per heavy atom. The molecule has 0 aromatic carbocycles. The van der Waals surface area contributed by atoms with E-state index in [1.54, 1.807) is 0 Å². The quantitative estimate of drug-likeness (QED) is 0.0197. The first-order valence-electron chi connectivity index (χ1n) is 25.2. The molecule has 0 spiro atoms. The maximum Gasteiger partial charge on any atom is 0.472 e. The summed E-state index contributed by atoms with van der Waals surface area (Å²) >= 11 is 0. The molecular formula is C50H93O11P. The molecule has 3 unspecified atom stereocenters. The van der Waals surface area contributed by atoms with E-state index in [0.717, 1.165) is 96.3 Å². The molecule has 0 heterocycles. The number of phosphoric ester groups is 1. The fraction of sp³-hybridized carbons (Fsp3) is 0.860. The van der Waals surface area contributed by atoms with Crippen LogP contribution in [0.2, 0.25) is 0 Å². The molecule has 0 bridgehead atoms. The van der Waals surface area contributed by atoms with Crippen molar-refractivity contribution < 1.29 is 52.2 Å². The van der Waals surface area contributed by atoms with Crippen molar-refractivity contribution in [1.82, 2.24) is 0 Å². The van der Waals surface area contributed by atoms with Gasteiger partial charge in [0, 0.05) is 19.3 Å². The third-order valence-electron chi connectivity index (χ3n) is 10.8. The Hall–Kier alpha value is -2.04. The van der Waals surface area contributed by atoms with Crippen molar-refractivity contribution in [2.75, 3.05) is 26.4 Å². The highest BCUT2D eigenvalue weighted by Crippen LogP contribution is 2.43. The molecule has 11 nitrogen and oxygen atoms in total. The van der Waals surface area contributed by atoms with Crippen molar-refractivity contribution >= 4 is 25.7 Å². The summed E-state index contributed by atoms with van der Waals surface area (Å²) in [6.07, 6.45) is 41.6. The number of ether oxygens (including phenoxy) is 3. The lowest BCUT2D eigenvalue weighted by atomic mass is 10.1. The molecule has 0 aromatic heterocycles. The van der Waals surface area contributed by atoms with E-state index in [0.29, 0.717) is 19.3 Å². The Morgan fingerprint density at radius 1 is 0.435 bits per heavy atom. The van der Waals surface area contributed by atoms with Crippen LogP contribution < -0.4 is 0 Å². The third kappa shape index (κ3) is 43.2. The van der Waals surface area contributed by atoms with Gasteiger partial charge in [0.1, 0.15) is 12.7 Å². The summed E-state index contributed by atoms with van der Waals surface area (Å²) < 4.78 is 39.2. The average molecular weight is 901 g/mol. The fourth-order valence-electron chi connectivity index (χ4n) is 6.92. The van der Waals surface area contributed by atoms with Crippen LogP contribution >= 0.6 is 7.82 Å². The van der Waals surface area contributed by atoms with Crippen molar-refractivity contribution in [3.8, 4) is 0 Å². The number of carbonyl (C=O) groups excluding carboxylic acids is 3. The molecule has 3 atom stereocenters. The molecule has 2 N–H and O–H groups in total. The largest absolute Gasteiger partial charge is 0.472 e. The van der Waals surface area contributed by atoms with Crippen LogP contribution in [0, 0.1) is 0 Å². The summed E-state index contributed by atoms with van der Waals surface area (Å²) in [4.78, 5) is 48.1. The van der Waals surface area contributed by atoms with E-state index in [2.05, 4.69) is 45.1 Å². The number of allylic oxidation sites excluding steroid dienone is 4. The molecule has 0 radical (unpaired) electrons. The Kier molecular flexibility index (Phi) is 44.0. The van der Waals surface area contributed by atoms with Crippen molar-refractivity contribution in [1.29, 1.82) is 0 Å². The molecule has 364 valence electrons. The highest BCUT2D eigenvalue weighted by Gasteiger charge is 2.28. The van der Waals surface area contributed by atoms with Gasteiger partial charge < -0.3 is 24.2 Å². The van der Waals surface area contributed by atoms with E-state index in [-0.39, 0.29) is 25.9 Å². The molecule has 0 rings (SSSR count). The molecule has 12 heteroatoms. The molecule has 0 saturated carbocycles. The third-order valence-corrected chi connectivity index (χ3v) is 11.8. The molecular weight excluding hydrogens is 808 g/mol. The van der Waals surface area contributed by atoms with E-state index < -0.39 is 57.8 Å². The lowest BCUT2D eigenvalue weighted by molar-refractivity contribution is -0.161. The van der Waals surface area contributed by atoms with Crippen molar-refractivity contribution in [3.05, 3.63) is 24.3 Å². The van der Waals surface area contributed by atoms with Crippen LogP contribution in [-0.4, -0.2) is 66.5 Å². The van der Waals surface area contributed by atoms with Crippen molar-refractivity contribution in [2.24, 2.45) is 0 Å². The summed E-state index contributed by atoms with van der Waals surface area (Å²) in [5, 5.41) is 9.74. The highest BCUT2D eigenvalue weighted by atomic mass is 31.2. The van der Waals surface area contributed by atoms with Gasteiger partial charge in [0.25, 0.3) is 0 Å². The molecule has 62 heavy (non-hydrogen) atoms. The minimum Gasteiger partial charge on any atom is -0.462 e. The zero-order valence-electron chi connectivity index (χ0n) is 39.9. The summed E-state index contributed by atoms with van der Waals surface area (Å²) in [6, 6.07) is 0. The Bertz CT molecular complexity index is 1140. The van der Waals surface area contributed by atoms with E-state index in [1.165, 1.54) is 83.5 Å². The SMILES string of the molecule is CCCC/C=C\CCCCCCCC(=O)OC(CO)COP(=O)(O)OCC(COC(=O)CCCCCCCCCCC)OC(=O)CCCCCCC/C=C\CCCCCCCC. The first-order valence-corrected chi connectivity index (χ1v) is 26.7. The minimum atomic E-state index is -4.73. The Labute approximate surface area is 378 Å². The molecule has 0 aliphatic heterocycles. The van der Waals surface area contributed by atoms with Crippen molar-refractivity contribution in [3.63, 3.8) is 0 Å². The van der Waals surface area contributed by atoms with E-state index in [4.69, 9.17) is 23.3 Å². The number of carbonyl (C=O) groups is 3. The second kappa shape index (κ2) is 45.5. The van der Waals surface area contributed by atoms with Crippen LogP contribution in [0.4, 0.5) is 0 Å². The number of aliphatic hydroxyl groups is 1. The van der Waals surface area contributed by atoms with E-state index in [1.807, 2.05) is 0 Å². The van der Waals surface area contributed by atoms with Crippen molar-refractivity contribution in [2.45, 2.75) is 251 Å². The van der Waals surface area contributed by atoms with E-state index >= 15 is 0 Å². The zero-order valence-corrected chi connectivity index (χ0v) is 40.7. The normalized spacial score (nSPS) is 13.7. The second-order valence-electron chi connectivity index (χ2n) is 17.0. The Balaban J connectivity index is 4.72. The number of hydrogen-bond donors (Lipinski definition) is 2. The minimum absolute atomic E-state index is 0.161. The van der Waals surface area contributed by atoms with Crippen LogP contribution in [0.3, 0.4) is 0 Å². The maximum atomic E-state index is 12.8. The monoisotopic (exact) mass is 901 g/mol. The van der Waals surface area contributed by atoms with Crippen LogP contribution in [-0.2, 0) is 42.2 Å².